The average Bonchev–Trinajstić information content (AvgIpc) is 2.55. The van der Waals surface area contributed by atoms with Crippen LogP contribution in [0.15, 0.2) is 27.6 Å². The molecule has 0 spiro atoms. The number of nitrogens with one attached hydrogen (secondary N) is 1. The number of ether oxygens (including phenoxy) is 2. The maximum Gasteiger partial charge on any atom is 0.240 e. The van der Waals surface area contributed by atoms with E-state index in [1.165, 1.54) is 6.07 Å². The summed E-state index contributed by atoms with van der Waals surface area (Å²) in [5, 5.41) is 0. The topological polar surface area (TPSA) is 67.9 Å². The molecule has 130 valence electrons. The monoisotopic (exact) mass is 406 g/mol. The third-order valence-corrected chi connectivity index (χ3v) is 5.67. The molecule has 6 nitrogen and oxygen atoms in total. The molecule has 0 bridgehead atoms. The minimum Gasteiger partial charge on any atom is -0.493 e. The molecule has 0 atom stereocenters. The van der Waals surface area contributed by atoms with Crippen molar-refractivity contribution < 1.29 is 17.9 Å². The highest BCUT2D eigenvalue weighted by Gasteiger charge is 2.16. The first-order valence-electron chi connectivity index (χ1n) is 7.75. The van der Waals surface area contributed by atoms with Crippen molar-refractivity contribution in [3.63, 3.8) is 0 Å². The zero-order chi connectivity index (χ0) is 16.7. The lowest BCUT2D eigenvalue weighted by atomic mass is 10.3. The molecular formula is C15H23BrN2O4S. The van der Waals surface area contributed by atoms with Crippen LogP contribution in [0.5, 0.6) is 5.75 Å². The van der Waals surface area contributed by atoms with E-state index in [0.717, 1.165) is 43.7 Å². The van der Waals surface area contributed by atoms with Crippen LogP contribution in [0.4, 0.5) is 0 Å². The third-order valence-electron chi connectivity index (χ3n) is 3.56. The van der Waals surface area contributed by atoms with Gasteiger partial charge in [-0.2, -0.15) is 0 Å². The van der Waals surface area contributed by atoms with Gasteiger partial charge in [-0.25, -0.2) is 13.1 Å². The number of halogens is 1. The van der Waals surface area contributed by atoms with Crippen LogP contribution in [0.2, 0.25) is 0 Å². The van der Waals surface area contributed by atoms with Gasteiger partial charge in [0, 0.05) is 25.7 Å². The minimum atomic E-state index is -3.51. The van der Waals surface area contributed by atoms with E-state index in [9.17, 15) is 8.42 Å². The Morgan fingerprint density at radius 2 is 2.09 bits per heavy atom. The van der Waals surface area contributed by atoms with Crippen molar-refractivity contribution in [3.05, 3.63) is 22.7 Å². The van der Waals surface area contributed by atoms with Crippen molar-refractivity contribution in [2.75, 3.05) is 46.0 Å². The van der Waals surface area contributed by atoms with Gasteiger partial charge in [-0.3, -0.25) is 4.90 Å². The molecule has 0 amide bonds. The van der Waals surface area contributed by atoms with E-state index in [0.29, 0.717) is 18.9 Å². The molecule has 23 heavy (non-hydrogen) atoms. The largest absolute Gasteiger partial charge is 0.493 e. The van der Waals surface area contributed by atoms with Gasteiger partial charge < -0.3 is 9.47 Å². The summed E-state index contributed by atoms with van der Waals surface area (Å²) in [5.41, 5.74) is 0. The van der Waals surface area contributed by atoms with Crippen LogP contribution >= 0.6 is 15.9 Å². The Morgan fingerprint density at radius 3 is 2.78 bits per heavy atom. The Hall–Kier alpha value is -0.670. The number of hydrogen-bond donors (Lipinski definition) is 1. The van der Waals surface area contributed by atoms with Gasteiger partial charge in [0.15, 0.2) is 0 Å². The molecular weight excluding hydrogens is 384 g/mol. The Kier molecular flexibility index (Phi) is 7.29. The summed E-state index contributed by atoms with van der Waals surface area (Å²) in [6.45, 7) is 6.97. The Bertz CT molecular complexity index is 603. The Morgan fingerprint density at radius 1 is 1.35 bits per heavy atom. The number of sulfonamides is 1. The fraction of sp³-hybridized carbons (Fsp3) is 0.600. The van der Waals surface area contributed by atoms with E-state index >= 15 is 0 Å². The van der Waals surface area contributed by atoms with Crippen molar-refractivity contribution >= 4 is 26.0 Å². The number of nitrogens with zero attached hydrogens (tertiary/aromatic N) is 1. The molecule has 0 aromatic heterocycles. The van der Waals surface area contributed by atoms with Crippen LogP contribution < -0.4 is 9.46 Å². The number of rotatable bonds is 8. The summed E-state index contributed by atoms with van der Waals surface area (Å²) < 4.78 is 38.8. The molecule has 1 aliphatic rings. The molecule has 8 heteroatoms. The molecule has 1 aromatic carbocycles. The summed E-state index contributed by atoms with van der Waals surface area (Å²) in [4.78, 5) is 2.50. The van der Waals surface area contributed by atoms with E-state index in [-0.39, 0.29) is 4.90 Å². The lowest BCUT2D eigenvalue weighted by Crippen LogP contribution is -2.38. The molecule has 1 N–H and O–H groups in total. The SMILES string of the molecule is CCOc1cc(S(=O)(=O)NCCCN2CCOCC2)ccc1Br. The van der Waals surface area contributed by atoms with E-state index in [1.807, 2.05) is 6.92 Å². The van der Waals surface area contributed by atoms with Crippen molar-refractivity contribution in [1.29, 1.82) is 0 Å². The number of hydrogen-bond acceptors (Lipinski definition) is 5. The van der Waals surface area contributed by atoms with Gasteiger partial charge in [0.25, 0.3) is 0 Å². The molecule has 2 rings (SSSR count). The van der Waals surface area contributed by atoms with E-state index in [1.54, 1.807) is 12.1 Å². The minimum absolute atomic E-state index is 0.218. The van der Waals surface area contributed by atoms with Gasteiger partial charge in [0.1, 0.15) is 5.75 Å². The van der Waals surface area contributed by atoms with Crippen LogP contribution in [0.25, 0.3) is 0 Å². The quantitative estimate of drug-likeness (QED) is 0.667. The summed E-state index contributed by atoms with van der Waals surface area (Å²) in [7, 11) is -3.51. The molecule has 1 aromatic rings. The van der Waals surface area contributed by atoms with E-state index in [4.69, 9.17) is 9.47 Å². The first kappa shape index (κ1) is 18.7. The van der Waals surface area contributed by atoms with Gasteiger partial charge in [0.2, 0.25) is 10.0 Å². The molecule has 1 fully saturated rings. The Labute approximate surface area is 146 Å². The van der Waals surface area contributed by atoms with Gasteiger partial charge in [-0.05, 0) is 48.0 Å². The second-order valence-corrected chi connectivity index (χ2v) is 7.85. The zero-order valence-electron chi connectivity index (χ0n) is 13.3. The molecule has 1 aliphatic heterocycles. The van der Waals surface area contributed by atoms with E-state index in [2.05, 4.69) is 25.6 Å². The maximum absolute atomic E-state index is 12.3. The molecule has 0 unspecified atom stereocenters. The van der Waals surface area contributed by atoms with Gasteiger partial charge in [0.05, 0.1) is 29.2 Å². The smallest absolute Gasteiger partial charge is 0.240 e. The third kappa shape index (κ3) is 5.72. The lowest BCUT2D eigenvalue weighted by Gasteiger charge is -2.26. The van der Waals surface area contributed by atoms with Gasteiger partial charge in [-0.15, -0.1) is 0 Å². The predicted molar refractivity (Wildman–Crippen MR) is 92.4 cm³/mol. The fourth-order valence-corrected chi connectivity index (χ4v) is 3.78. The highest BCUT2D eigenvalue weighted by molar-refractivity contribution is 9.10. The summed E-state index contributed by atoms with van der Waals surface area (Å²) in [6, 6.07) is 4.79. The first-order valence-corrected chi connectivity index (χ1v) is 10.0. The summed E-state index contributed by atoms with van der Waals surface area (Å²) >= 11 is 3.35. The molecule has 1 heterocycles. The average molecular weight is 407 g/mol. The lowest BCUT2D eigenvalue weighted by molar-refractivity contribution is 0.0376. The van der Waals surface area contributed by atoms with Crippen molar-refractivity contribution in [2.24, 2.45) is 0 Å². The van der Waals surface area contributed by atoms with Crippen LogP contribution in [0.1, 0.15) is 13.3 Å². The number of morpholine rings is 1. The fourth-order valence-electron chi connectivity index (χ4n) is 2.33. The summed E-state index contributed by atoms with van der Waals surface area (Å²) in [6.07, 6.45) is 0.772. The molecule has 0 radical (unpaired) electrons. The highest BCUT2D eigenvalue weighted by Crippen LogP contribution is 2.27. The van der Waals surface area contributed by atoms with Crippen molar-refractivity contribution in [2.45, 2.75) is 18.2 Å². The standard InChI is InChI=1S/C15H23BrN2O4S/c1-2-22-15-12-13(4-5-14(15)16)23(19,20)17-6-3-7-18-8-10-21-11-9-18/h4-5,12,17H,2-3,6-11H2,1H3. The van der Waals surface area contributed by atoms with Crippen LogP contribution in [-0.4, -0.2) is 59.3 Å². The predicted octanol–water partition coefficient (Wildman–Crippen LogP) is 1.85. The van der Waals surface area contributed by atoms with Crippen molar-refractivity contribution in [3.8, 4) is 5.75 Å². The van der Waals surface area contributed by atoms with Gasteiger partial charge in [-0.1, -0.05) is 0 Å². The summed E-state index contributed by atoms with van der Waals surface area (Å²) in [5.74, 6) is 0.531. The van der Waals surface area contributed by atoms with Gasteiger partial charge >= 0.3 is 0 Å². The molecule has 0 saturated carbocycles. The highest BCUT2D eigenvalue weighted by atomic mass is 79.9. The maximum atomic E-state index is 12.3. The first-order chi connectivity index (χ1) is 11.0. The zero-order valence-corrected chi connectivity index (χ0v) is 15.7. The van der Waals surface area contributed by atoms with Crippen LogP contribution in [-0.2, 0) is 14.8 Å². The van der Waals surface area contributed by atoms with Crippen LogP contribution in [0, 0.1) is 0 Å². The number of benzene rings is 1. The second-order valence-electron chi connectivity index (χ2n) is 5.23. The van der Waals surface area contributed by atoms with Crippen LogP contribution in [0.3, 0.4) is 0 Å². The normalized spacial score (nSPS) is 16.4. The molecule has 1 saturated heterocycles. The molecule has 0 aliphatic carbocycles. The van der Waals surface area contributed by atoms with E-state index < -0.39 is 10.0 Å². The van der Waals surface area contributed by atoms with Crippen molar-refractivity contribution in [1.82, 2.24) is 9.62 Å². The second kappa shape index (κ2) is 8.98. The Balaban J connectivity index is 1.87.